The van der Waals surface area contributed by atoms with Gasteiger partial charge in [0.05, 0.1) is 0 Å². The van der Waals surface area contributed by atoms with Crippen molar-refractivity contribution in [2.24, 2.45) is 0 Å². The van der Waals surface area contributed by atoms with Gasteiger partial charge in [-0.15, -0.1) is 0 Å². The third-order valence-corrected chi connectivity index (χ3v) is 1.69. The van der Waals surface area contributed by atoms with E-state index < -0.39 is 0 Å². The predicted octanol–water partition coefficient (Wildman–Crippen LogP) is 3.35. The Labute approximate surface area is 183 Å². The molecule has 0 aliphatic heterocycles. The molecule has 0 fully saturated rings. The molecule has 27 heavy (non-hydrogen) atoms. The summed E-state index contributed by atoms with van der Waals surface area (Å²) in [7, 11) is 0. The van der Waals surface area contributed by atoms with Crippen molar-refractivity contribution in [1.82, 2.24) is 0 Å². The summed E-state index contributed by atoms with van der Waals surface area (Å²) >= 11 is 0. The summed E-state index contributed by atoms with van der Waals surface area (Å²) in [6.45, 7) is 21.6. The van der Waals surface area contributed by atoms with Crippen LogP contribution in [-0.4, -0.2) is 6.29 Å². The first-order valence-corrected chi connectivity index (χ1v) is 6.37. The number of unbranched alkanes of at least 4 members (excludes halogenated alkanes) is 3. The van der Waals surface area contributed by atoms with E-state index >= 15 is 0 Å². The topological polar surface area (TPSA) is 96.7 Å². The van der Waals surface area contributed by atoms with Crippen LogP contribution in [-0.2, 0) is 57.5 Å². The van der Waals surface area contributed by atoms with Crippen molar-refractivity contribution < 1.29 is 57.5 Å². The minimum Gasteiger partial charge on any atom is -0.999 e. The molecule has 0 radical (unpaired) electrons. The van der Waals surface area contributed by atoms with Crippen molar-refractivity contribution in [3.8, 4) is 0 Å². The maximum Gasteiger partial charge on any atom is 0 e. The van der Waals surface area contributed by atoms with E-state index in [1.165, 1.54) is 0 Å². The van der Waals surface area contributed by atoms with Gasteiger partial charge in [0.25, 0.3) is 0 Å². The third-order valence-electron chi connectivity index (χ3n) is 1.69. The number of hydrogen-bond acceptors (Lipinski definition) is 1. The van der Waals surface area contributed by atoms with Crippen molar-refractivity contribution in [2.45, 2.75) is 25.7 Å². The molecule has 0 atom stereocenters. The van der Waals surface area contributed by atoms with Gasteiger partial charge in [-0.05, 0) is 0 Å². The summed E-state index contributed by atoms with van der Waals surface area (Å²) < 4.78 is 30.0. The summed E-state index contributed by atoms with van der Waals surface area (Å²) in [5.74, 6) is 0. The maximum atomic E-state index is 9.53. The van der Waals surface area contributed by atoms with Gasteiger partial charge in [0, 0.05) is 34.1 Å². The molecule has 7 heteroatoms. The Balaban J connectivity index is -0.0000000366. The number of carbonyl (C=O) groups excluding carboxylic acids is 1. The molecule has 0 N–H and O–H groups in total. The van der Waals surface area contributed by atoms with E-state index in [1.54, 1.807) is 6.07 Å². The van der Waals surface area contributed by atoms with Crippen molar-refractivity contribution in [3.63, 3.8) is 0 Å². The molecule has 0 unspecified atom stereocenters. The van der Waals surface area contributed by atoms with Crippen molar-refractivity contribution in [3.05, 3.63) is 94.2 Å². The van der Waals surface area contributed by atoms with Gasteiger partial charge in [-0.25, -0.2) is 12.1 Å². The summed E-state index contributed by atoms with van der Waals surface area (Å²) in [5, 5.41) is 0. The first-order chi connectivity index (χ1) is 12.4. The van der Waals surface area contributed by atoms with E-state index in [-0.39, 0.29) is 34.1 Å². The molecule has 0 aromatic heterocycles. The molecule has 0 bridgehead atoms. The molecule has 0 amide bonds. The van der Waals surface area contributed by atoms with Crippen LogP contribution in [0.3, 0.4) is 0 Å². The molecular formula is C20H16Fe2O5-8. The molecule has 0 saturated carbocycles. The van der Waals surface area contributed by atoms with Crippen LogP contribution >= 0.6 is 0 Å². The van der Waals surface area contributed by atoms with E-state index in [1.807, 2.05) is 36.6 Å². The largest absolute Gasteiger partial charge is 0.999 e. The zero-order valence-corrected chi connectivity index (χ0v) is 16.5. The van der Waals surface area contributed by atoms with Gasteiger partial charge < -0.3 is 42.1 Å². The first kappa shape index (κ1) is 44.6. The Kier molecular flexibility index (Phi) is 123. The summed E-state index contributed by atoms with van der Waals surface area (Å²) in [6.07, 6.45) is 5.34. The molecule has 2 rings (SSSR count). The van der Waals surface area contributed by atoms with E-state index in [0.717, 1.165) is 19.3 Å². The smallest absolute Gasteiger partial charge is 0 e. The molecule has 0 aliphatic carbocycles. The number of hydrogen-bond donors (Lipinski definition) is 0. The summed E-state index contributed by atoms with van der Waals surface area (Å²) in [5.41, 5.74) is 0. The van der Waals surface area contributed by atoms with Crippen LogP contribution in [0, 0.1) is 57.8 Å². The van der Waals surface area contributed by atoms with Crippen LogP contribution in [0.4, 0.5) is 0 Å². The second-order valence-corrected chi connectivity index (χ2v) is 3.10. The van der Waals surface area contributed by atoms with E-state index in [9.17, 15) is 4.79 Å². The maximum absolute atomic E-state index is 9.53. The third kappa shape index (κ3) is 79.7. The Hall–Kier alpha value is -1.63. The molecule has 0 heterocycles. The van der Waals surface area contributed by atoms with Gasteiger partial charge in [0.1, 0.15) is 0 Å². The van der Waals surface area contributed by atoms with Gasteiger partial charge in [-0.2, -0.15) is 31.0 Å². The zero-order valence-electron chi connectivity index (χ0n) is 14.2. The number of rotatable bonds is 4. The van der Waals surface area contributed by atoms with Crippen molar-refractivity contribution >= 4 is 6.29 Å². The molecular weight excluding hydrogens is 432 g/mol. The fourth-order valence-electron chi connectivity index (χ4n) is 0.875. The van der Waals surface area contributed by atoms with E-state index in [0.29, 0.717) is 6.42 Å². The molecule has 0 aliphatic rings. The minimum absolute atomic E-state index is 0. The quantitative estimate of drug-likeness (QED) is 0.305. The first-order valence-electron chi connectivity index (χ1n) is 6.37. The monoisotopic (exact) mass is 448 g/mol. The van der Waals surface area contributed by atoms with Crippen LogP contribution in [0.5, 0.6) is 0 Å². The SMILES string of the molecule is [C-]#[O+].[C-]#[O+].[C-]#[O+].[C-]#[O+].[CH2-]CCCC[C-]=O.[Fe].[Fe].[c-]1[c-][c-][cH-][c-]1.c1cc[cH-]c1. The molecule has 0 saturated heterocycles. The van der Waals surface area contributed by atoms with Crippen LogP contribution in [0.25, 0.3) is 0 Å². The molecule has 0 spiro atoms. The minimum atomic E-state index is 0. The average Bonchev–Trinajstić information content (AvgIpc) is 3.47. The molecule has 5 nitrogen and oxygen atoms in total. The van der Waals surface area contributed by atoms with Crippen LogP contribution in [0.15, 0.2) is 36.4 Å². The van der Waals surface area contributed by atoms with Gasteiger partial charge >= 0.3 is 45.2 Å². The molecule has 2 aromatic rings. The Bertz CT molecular complexity index is 373. The summed E-state index contributed by atoms with van der Waals surface area (Å²) in [6, 6.07) is 22.0. The second-order valence-electron chi connectivity index (χ2n) is 3.10. The zero-order chi connectivity index (χ0) is 20.6. The van der Waals surface area contributed by atoms with Crippen molar-refractivity contribution in [1.29, 1.82) is 0 Å². The fourth-order valence-corrected chi connectivity index (χ4v) is 0.875. The van der Waals surface area contributed by atoms with Gasteiger partial charge in [-0.3, -0.25) is 6.29 Å². The van der Waals surface area contributed by atoms with Crippen LogP contribution in [0.2, 0.25) is 0 Å². The van der Waals surface area contributed by atoms with Crippen LogP contribution in [0.1, 0.15) is 25.7 Å². The Morgan fingerprint density at radius 1 is 0.852 bits per heavy atom. The normalized spacial score (nSPS) is 5.52. The molecule has 150 valence electrons. The van der Waals surface area contributed by atoms with Gasteiger partial charge in [0.2, 0.25) is 0 Å². The van der Waals surface area contributed by atoms with Gasteiger partial charge in [-0.1, -0.05) is 12.8 Å². The van der Waals surface area contributed by atoms with E-state index in [4.69, 9.17) is 18.6 Å². The Morgan fingerprint density at radius 3 is 1.44 bits per heavy atom. The van der Waals surface area contributed by atoms with Gasteiger partial charge in [0.15, 0.2) is 0 Å². The van der Waals surface area contributed by atoms with E-state index in [2.05, 4.69) is 57.8 Å². The van der Waals surface area contributed by atoms with Crippen molar-refractivity contribution in [2.75, 3.05) is 0 Å². The van der Waals surface area contributed by atoms with Crippen LogP contribution < -0.4 is 0 Å². The average molecular weight is 448 g/mol. The molecule has 2 aromatic carbocycles. The Morgan fingerprint density at radius 2 is 1.26 bits per heavy atom. The summed E-state index contributed by atoms with van der Waals surface area (Å²) in [4.78, 5) is 9.53. The second kappa shape index (κ2) is 74.5. The standard InChI is InChI=1S/C6H10O.C5H5.C5H.4CO.2Fe/c1-2-3-4-5-6-7;2*1-2-4-5-3-1;4*1-2;;/h1-5H2;1-5H;1H;;;;;;/q-2;-1;-5;;;;;;. The predicted molar refractivity (Wildman–Crippen MR) is 84.7 cm³/mol. The fraction of sp³-hybridized carbons (Fsp3) is 0.200.